The van der Waals surface area contributed by atoms with E-state index in [4.69, 9.17) is 26.2 Å². The highest BCUT2D eigenvalue weighted by Gasteiger charge is 2.25. The minimum absolute atomic E-state index is 0.0407. The average molecular weight is 553 g/mol. The van der Waals surface area contributed by atoms with Crippen molar-refractivity contribution in [3.63, 3.8) is 0 Å². The van der Waals surface area contributed by atoms with Gasteiger partial charge in [0, 0.05) is 5.41 Å². The molecule has 0 aromatic heterocycles. The summed E-state index contributed by atoms with van der Waals surface area (Å²) >= 11 is 12.7. The van der Waals surface area contributed by atoms with Crippen LogP contribution >= 0.6 is 43.5 Å². The Morgan fingerprint density at radius 2 is 1.48 bits per heavy atom. The van der Waals surface area contributed by atoms with Crippen LogP contribution in [0.25, 0.3) is 0 Å². The van der Waals surface area contributed by atoms with Gasteiger partial charge in [0.05, 0.1) is 21.4 Å². The topological polar surface area (TPSA) is 79.2 Å². The predicted octanol–water partition coefficient (Wildman–Crippen LogP) is 4.25. The van der Waals surface area contributed by atoms with Crippen LogP contribution < -0.4 is 9.47 Å². The highest BCUT2D eigenvalue weighted by molar-refractivity contribution is 9.11. The summed E-state index contributed by atoms with van der Waals surface area (Å²) in [6.07, 6.45) is -1.63. The van der Waals surface area contributed by atoms with E-state index < -0.39 is 12.2 Å². The minimum Gasteiger partial charge on any atom is -0.491 e. The van der Waals surface area contributed by atoms with Crippen molar-refractivity contribution in [2.75, 3.05) is 25.7 Å². The number of hydrogen-bond acceptors (Lipinski definition) is 5. The van der Waals surface area contributed by atoms with Gasteiger partial charge in [0.2, 0.25) is 0 Å². The van der Waals surface area contributed by atoms with Gasteiger partial charge in [0.15, 0.2) is 0 Å². The molecule has 0 heterocycles. The van der Waals surface area contributed by atoms with Gasteiger partial charge in [-0.15, -0.1) is 11.6 Å². The Hall–Kier alpha value is -0.830. The van der Waals surface area contributed by atoms with Crippen molar-refractivity contribution in [3.05, 3.63) is 56.5 Å². The molecule has 0 saturated carbocycles. The second-order valence-corrected chi connectivity index (χ2v) is 9.20. The van der Waals surface area contributed by atoms with Gasteiger partial charge in [-0.2, -0.15) is 0 Å². The molecule has 160 valence electrons. The fourth-order valence-electron chi connectivity index (χ4n) is 2.66. The summed E-state index contributed by atoms with van der Waals surface area (Å²) in [4.78, 5) is 0. The Labute approximate surface area is 192 Å². The summed E-state index contributed by atoms with van der Waals surface area (Å²) in [5.74, 6) is 1.35. The van der Waals surface area contributed by atoms with E-state index >= 15 is 0 Å². The van der Waals surface area contributed by atoms with Crippen LogP contribution in [0.15, 0.2) is 45.3 Å². The molecule has 0 radical (unpaired) electrons. The van der Waals surface area contributed by atoms with Gasteiger partial charge in [-0.25, -0.2) is 0 Å². The van der Waals surface area contributed by atoms with Crippen molar-refractivity contribution >= 4 is 43.5 Å². The van der Waals surface area contributed by atoms with Crippen molar-refractivity contribution < 1.29 is 24.8 Å². The molecule has 8 heteroatoms. The van der Waals surface area contributed by atoms with Crippen LogP contribution in [0.1, 0.15) is 25.0 Å². The molecule has 0 amide bonds. The lowest BCUT2D eigenvalue weighted by Crippen LogP contribution is -2.22. The maximum absolute atomic E-state index is 9.61. The van der Waals surface area contributed by atoms with Crippen LogP contribution in [0, 0.1) is 0 Å². The quantitative estimate of drug-likeness (QED) is 0.384. The zero-order chi connectivity index (χ0) is 21.6. The maximum Gasteiger partial charge on any atom is 0.147 e. The van der Waals surface area contributed by atoms with E-state index in [-0.39, 0.29) is 31.1 Å². The molecule has 0 saturated heterocycles. The summed E-state index contributed by atoms with van der Waals surface area (Å²) in [5.41, 5.74) is 1.84. The van der Waals surface area contributed by atoms with Crippen molar-refractivity contribution in [1.29, 1.82) is 0 Å². The SMILES string of the molecule is CC(C)(c1ccc(OC[C@@H](O)CO)cc1)c1cc(Br)c(OC[C@H](O)CCl)c(Br)c1. The fourth-order valence-corrected chi connectivity index (χ4v) is 4.17. The van der Waals surface area contributed by atoms with Crippen LogP contribution in [0.5, 0.6) is 11.5 Å². The molecule has 0 fully saturated rings. The smallest absolute Gasteiger partial charge is 0.147 e. The number of benzene rings is 2. The van der Waals surface area contributed by atoms with Gasteiger partial charge in [-0.05, 0) is 67.3 Å². The largest absolute Gasteiger partial charge is 0.491 e. The third-order valence-corrected chi connectivity index (χ3v) is 6.08. The first-order valence-corrected chi connectivity index (χ1v) is 11.2. The molecule has 29 heavy (non-hydrogen) atoms. The number of ether oxygens (including phenoxy) is 2. The summed E-state index contributed by atoms with van der Waals surface area (Å²) in [6, 6.07) is 11.6. The third-order valence-electron chi connectivity index (χ3n) is 4.55. The van der Waals surface area contributed by atoms with Gasteiger partial charge >= 0.3 is 0 Å². The maximum atomic E-state index is 9.61. The van der Waals surface area contributed by atoms with Crippen molar-refractivity contribution in [1.82, 2.24) is 0 Å². The molecule has 5 nitrogen and oxygen atoms in total. The Bertz CT molecular complexity index is 775. The Balaban J connectivity index is 2.19. The van der Waals surface area contributed by atoms with Crippen LogP contribution in [-0.2, 0) is 5.41 Å². The van der Waals surface area contributed by atoms with E-state index in [0.717, 1.165) is 20.1 Å². The van der Waals surface area contributed by atoms with Gasteiger partial charge in [-0.1, -0.05) is 26.0 Å². The fraction of sp³-hybridized carbons (Fsp3) is 0.429. The van der Waals surface area contributed by atoms with Crippen LogP contribution in [0.4, 0.5) is 0 Å². The molecule has 0 aliphatic rings. The Morgan fingerprint density at radius 1 is 0.931 bits per heavy atom. The van der Waals surface area contributed by atoms with Gasteiger partial charge in [0.25, 0.3) is 0 Å². The molecule has 0 aliphatic heterocycles. The van der Waals surface area contributed by atoms with Crippen molar-refractivity contribution in [2.24, 2.45) is 0 Å². The zero-order valence-corrected chi connectivity index (χ0v) is 20.2. The van der Waals surface area contributed by atoms with Gasteiger partial charge < -0.3 is 24.8 Å². The monoisotopic (exact) mass is 550 g/mol. The molecule has 0 bridgehead atoms. The van der Waals surface area contributed by atoms with E-state index in [9.17, 15) is 10.2 Å². The summed E-state index contributed by atoms with van der Waals surface area (Å²) in [7, 11) is 0. The molecule has 0 spiro atoms. The first kappa shape index (κ1) is 24.4. The molecule has 3 N–H and O–H groups in total. The van der Waals surface area contributed by atoms with E-state index in [1.165, 1.54) is 0 Å². The standard InChI is InChI=1S/C21H25Br2ClO5/c1-21(2,13-3-5-17(6-4-13)28-12-16(27)10-25)14-7-18(22)20(19(23)8-14)29-11-15(26)9-24/h3-8,15-16,25-27H,9-12H2,1-2H3/t15-,16+/m1/s1. The van der Waals surface area contributed by atoms with Crippen molar-refractivity contribution in [3.8, 4) is 11.5 Å². The lowest BCUT2D eigenvalue weighted by atomic mass is 9.78. The molecular formula is C21H25Br2ClO5. The molecular weight excluding hydrogens is 527 g/mol. The van der Waals surface area contributed by atoms with E-state index in [2.05, 4.69) is 45.7 Å². The lowest BCUT2D eigenvalue weighted by molar-refractivity contribution is 0.0536. The van der Waals surface area contributed by atoms with Crippen LogP contribution in [0.3, 0.4) is 0 Å². The predicted molar refractivity (Wildman–Crippen MR) is 121 cm³/mol. The average Bonchev–Trinajstić information content (AvgIpc) is 2.71. The molecule has 2 rings (SSSR count). The van der Waals surface area contributed by atoms with E-state index in [0.29, 0.717) is 11.5 Å². The second kappa shape index (κ2) is 11.0. The van der Waals surface area contributed by atoms with Crippen molar-refractivity contribution in [2.45, 2.75) is 31.5 Å². The number of alkyl halides is 1. The molecule has 2 aromatic carbocycles. The molecule has 2 atom stereocenters. The number of aliphatic hydroxyl groups is 3. The molecule has 2 aromatic rings. The van der Waals surface area contributed by atoms with Gasteiger partial charge in [-0.3, -0.25) is 0 Å². The first-order valence-electron chi connectivity index (χ1n) is 9.07. The summed E-state index contributed by atoms with van der Waals surface area (Å²) in [6.45, 7) is 4.04. The van der Waals surface area contributed by atoms with E-state index in [1.807, 2.05) is 36.4 Å². The molecule has 0 unspecified atom stereocenters. The summed E-state index contributed by atoms with van der Waals surface area (Å²) in [5, 5.41) is 27.9. The third kappa shape index (κ3) is 6.57. The Kier molecular flexibility index (Phi) is 9.25. The Morgan fingerprint density at radius 3 is 2.00 bits per heavy atom. The van der Waals surface area contributed by atoms with Crippen LogP contribution in [0.2, 0.25) is 0 Å². The number of rotatable bonds is 10. The summed E-state index contributed by atoms with van der Waals surface area (Å²) < 4.78 is 12.7. The van der Waals surface area contributed by atoms with Crippen LogP contribution in [-0.4, -0.2) is 53.2 Å². The number of aliphatic hydroxyl groups excluding tert-OH is 3. The molecule has 0 aliphatic carbocycles. The first-order chi connectivity index (χ1) is 13.7. The highest BCUT2D eigenvalue weighted by atomic mass is 79.9. The second-order valence-electron chi connectivity index (χ2n) is 7.18. The normalized spacial score (nSPS) is 13.8. The lowest BCUT2D eigenvalue weighted by Gasteiger charge is -2.27. The van der Waals surface area contributed by atoms with Gasteiger partial charge in [0.1, 0.15) is 36.9 Å². The number of halogens is 3. The van der Waals surface area contributed by atoms with E-state index in [1.54, 1.807) is 0 Å². The number of hydrogen-bond donors (Lipinski definition) is 3. The zero-order valence-electron chi connectivity index (χ0n) is 16.2. The highest BCUT2D eigenvalue weighted by Crippen LogP contribution is 2.41. The minimum atomic E-state index is -0.896.